The van der Waals surface area contributed by atoms with Crippen molar-refractivity contribution in [1.29, 1.82) is 5.26 Å². The number of nitrogens with one attached hydrogen (secondary N) is 1. The molecule has 0 spiro atoms. The van der Waals surface area contributed by atoms with Gasteiger partial charge in [0.2, 0.25) is 0 Å². The summed E-state index contributed by atoms with van der Waals surface area (Å²) in [6, 6.07) is 16.5. The fourth-order valence-electron chi connectivity index (χ4n) is 2.21. The van der Waals surface area contributed by atoms with Crippen molar-refractivity contribution < 1.29 is 14.3 Å². The van der Waals surface area contributed by atoms with Gasteiger partial charge in [-0.25, -0.2) is 0 Å². The number of nitriles is 1. The standard InChI is InChI=1S/C19H20N2O3/c1-3-16(24-18-7-5-4-6-17(18)23-2)19(22)21-15-10-8-14(9-11-15)12-13-20/h4-11,16H,3,12H2,1-2H3,(H,21,22)/t16-/m0/s1. The first-order valence-electron chi connectivity index (χ1n) is 7.74. The molecule has 0 aliphatic rings. The average molecular weight is 324 g/mol. The maximum absolute atomic E-state index is 12.4. The van der Waals surface area contributed by atoms with Gasteiger partial charge in [-0.15, -0.1) is 0 Å². The Morgan fingerprint density at radius 3 is 2.42 bits per heavy atom. The summed E-state index contributed by atoms with van der Waals surface area (Å²) in [4.78, 5) is 12.4. The number of para-hydroxylation sites is 2. The predicted octanol–water partition coefficient (Wildman–Crippen LogP) is 3.56. The summed E-state index contributed by atoms with van der Waals surface area (Å²) in [6.07, 6.45) is 0.249. The van der Waals surface area contributed by atoms with Gasteiger partial charge in [0.05, 0.1) is 19.6 Å². The third kappa shape index (κ3) is 4.50. The van der Waals surface area contributed by atoms with Crippen LogP contribution in [0.25, 0.3) is 0 Å². The molecule has 5 heteroatoms. The highest BCUT2D eigenvalue weighted by Gasteiger charge is 2.20. The zero-order valence-electron chi connectivity index (χ0n) is 13.8. The van der Waals surface area contributed by atoms with E-state index in [1.807, 2.05) is 31.2 Å². The Kier molecular flexibility index (Phi) is 6.21. The number of carbonyl (C=O) groups excluding carboxylic acids is 1. The topological polar surface area (TPSA) is 71.3 Å². The number of hydrogen-bond acceptors (Lipinski definition) is 4. The predicted molar refractivity (Wildman–Crippen MR) is 92.1 cm³/mol. The first kappa shape index (κ1) is 17.4. The van der Waals surface area contributed by atoms with Crippen LogP contribution in [-0.4, -0.2) is 19.1 Å². The van der Waals surface area contributed by atoms with Gasteiger partial charge in [0.15, 0.2) is 17.6 Å². The van der Waals surface area contributed by atoms with Crippen molar-refractivity contribution in [2.75, 3.05) is 12.4 Å². The summed E-state index contributed by atoms with van der Waals surface area (Å²) in [6.45, 7) is 1.88. The summed E-state index contributed by atoms with van der Waals surface area (Å²) >= 11 is 0. The molecule has 0 aliphatic heterocycles. The maximum atomic E-state index is 12.4. The van der Waals surface area contributed by atoms with Crippen LogP contribution in [0.5, 0.6) is 11.5 Å². The summed E-state index contributed by atoms with van der Waals surface area (Å²) in [7, 11) is 1.56. The minimum Gasteiger partial charge on any atom is -0.493 e. The number of anilines is 1. The smallest absolute Gasteiger partial charge is 0.265 e. The summed E-state index contributed by atoms with van der Waals surface area (Å²) < 4.78 is 11.0. The Hall–Kier alpha value is -3.00. The number of methoxy groups -OCH3 is 1. The van der Waals surface area contributed by atoms with Crippen LogP contribution in [0.4, 0.5) is 5.69 Å². The van der Waals surface area contributed by atoms with Crippen molar-refractivity contribution in [2.45, 2.75) is 25.9 Å². The van der Waals surface area contributed by atoms with Crippen LogP contribution < -0.4 is 14.8 Å². The zero-order chi connectivity index (χ0) is 17.4. The fourth-order valence-corrected chi connectivity index (χ4v) is 2.21. The molecule has 0 unspecified atom stereocenters. The average Bonchev–Trinajstić information content (AvgIpc) is 2.61. The van der Waals surface area contributed by atoms with Gasteiger partial charge >= 0.3 is 0 Å². The lowest BCUT2D eigenvalue weighted by atomic mass is 10.1. The van der Waals surface area contributed by atoms with Crippen LogP contribution >= 0.6 is 0 Å². The van der Waals surface area contributed by atoms with Crippen molar-refractivity contribution in [3.63, 3.8) is 0 Å². The van der Waals surface area contributed by atoms with E-state index in [0.29, 0.717) is 30.0 Å². The lowest BCUT2D eigenvalue weighted by molar-refractivity contribution is -0.122. The van der Waals surface area contributed by atoms with Crippen LogP contribution in [-0.2, 0) is 11.2 Å². The number of benzene rings is 2. The van der Waals surface area contributed by atoms with E-state index in [1.54, 1.807) is 31.4 Å². The van der Waals surface area contributed by atoms with Crippen LogP contribution in [0.15, 0.2) is 48.5 Å². The molecule has 2 aromatic rings. The SMILES string of the molecule is CC[C@H](Oc1ccccc1OC)C(=O)Nc1ccc(CC#N)cc1. The van der Waals surface area contributed by atoms with Gasteiger partial charge in [-0.05, 0) is 36.2 Å². The van der Waals surface area contributed by atoms with Crippen LogP contribution in [0, 0.1) is 11.3 Å². The molecule has 2 aromatic carbocycles. The second-order valence-electron chi connectivity index (χ2n) is 5.19. The second kappa shape index (κ2) is 8.59. The number of hydrogen-bond donors (Lipinski definition) is 1. The Balaban J connectivity index is 2.04. The van der Waals surface area contributed by atoms with Crippen molar-refractivity contribution in [3.8, 4) is 17.6 Å². The minimum atomic E-state index is -0.625. The number of ether oxygens (including phenoxy) is 2. The molecule has 0 saturated heterocycles. The molecule has 1 amide bonds. The van der Waals surface area contributed by atoms with E-state index in [2.05, 4.69) is 11.4 Å². The van der Waals surface area contributed by atoms with Gasteiger partial charge in [0, 0.05) is 5.69 Å². The molecule has 24 heavy (non-hydrogen) atoms. The Morgan fingerprint density at radius 1 is 1.17 bits per heavy atom. The quantitative estimate of drug-likeness (QED) is 0.845. The Morgan fingerprint density at radius 2 is 1.83 bits per heavy atom. The van der Waals surface area contributed by atoms with Gasteiger partial charge in [0.25, 0.3) is 5.91 Å². The van der Waals surface area contributed by atoms with Crippen molar-refractivity contribution in [1.82, 2.24) is 0 Å². The Bertz CT molecular complexity index is 720. The molecule has 2 rings (SSSR count). The van der Waals surface area contributed by atoms with Crippen LogP contribution in [0.2, 0.25) is 0 Å². The molecular formula is C19H20N2O3. The summed E-state index contributed by atoms with van der Waals surface area (Å²) in [5.74, 6) is 0.896. The number of nitrogens with zero attached hydrogens (tertiary/aromatic N) is 1. The lowest BCUT2D eigenvalue weighted by Gasteiger charge is -2.19. The first-order valence-corrected chi connectivity index (χ1v) is 7.74. The Labute approximate surface area is 141 Å². The van der Waals surface area contributed by atoms with Crippen molar-refractivity contribution in [2.24, 2.45) is 0 Å². The molecule has 1 N–H and O–H groups in total. The molecule has 1 atom stereocenters. The van der Waals surface area contributed by atoms with E-state index >= 15 is 0 Å². The van der Waals surface area contributed by atoms with E-state index in [1.165, 1.54) is 0 Å². The van der Waals surface area contributed by atoms with Crippen molar-refractivity contribution >= 4 is 11.6 Å². The maximum Gasteiger partial charge on any atom is 0.265 e. The normalized spacial score (nSPS) is 11.2. The third-order valence-corrected chi connectivity index (χ3v) is 3.51. The van der Waals surface area contributed by atoms with Gasteiger partial charge in [0.1, 0.15) is 0 Å². The van der Waals surface area contributed by atoms with E-state index < -0.39 is 6.10 Å². The highest BCUT2D eigenvalue weighted by atomic mass is 16.5. The van der Waals surface area contributed by atoms with Gasteiger partial charge < -0.3 is 14.8 Å². The fraction of sp³-hybridized carbons (Fsp3) is 0.263. The minimum absolute atomic E-state index is 0.226. The molecule has 124 valence electrons. The molecule has 0 fully saturated rings. The van der Waals surface area contributed by atoms with Crippen LogP contribution in [0.3, 0.4) is 0 Å². The van der Waals surface area contributed by atoms with Crippen LogP contribution in [0.1, 0.15) is 18.9 Å². The second-order valence-corrected chi connectivity index (χ2v) is 5.19. The summed E-state index contributed by atoms with van der Waals surface area (Å²) in [5, 5.41) is 11.5. The monoisotopic (exact) mass is 324 g/mol. The van der Waals surface area contributed by atoms with Gasteiger partial charge in [-0.2, -0.15) is 5.26 Å². The molecule has 5 nitrogen and oxygen atoms in total. The molecular weight excluding hydrogens is 304 g/mol. The van der Waals surface area contributed by atoms with E-state index in [0.717, 1.165) is 5.56 Å². The highest BCUT2D eigenvalue weighted by molar-refractivity contribution is 5.94. The molecule has 0 aromatic heterocycles. The van der Waals surface area contributed by atoms with Crippen molar-refractivity contribution in [3.05, 3.63) is 54.1 Å². The molecule has 0 radical (unpaired) electrons. The number of rotatable bonds is 7. The lowest BCUT2D eigenvalue weighted by Crippen LogP contribution is -2.32. The summed E-state index contributed by atoms with van der Waals surface area (Å²) in [5.41, 5.74) is 1.58. The number of amides is 1. The highest BCUT2D eigenvalue weighted by Crippen LogP contribution is 2.27. The molecule has 0 aliphatic carbocycles. The van der Waals surface area contributed by atoms with Gasteiger partial charge in [-0.3, -0.25) is 4.79 Å². The number of carbonyl (C=O) groups is 1. The van der Waals surface area contributed by atoms with E-state index in [9.17, 15) is 4.79 Å². The third-order valence-electron chi connectivity index (χ3n) is 3.51. The molecule has 0 saturated carbocycles. The molecule has 0 heterocycles. The zero-order valence-corrected chi connectivity index (χ0v) is 13.8. The molecule has 0 bridgehead atoms. The van der Waals surface area contributed by atoms with E-state index in [-0.39, 0.29) is 5.91 Å². The largest absolute Gasteiger partial charge is 0.493 e. The first-order chi connectivity index (χ1) is 11.7. The van der Waals surface area contributed by atoms with E-state index in [4.69, 9.17) is 14.7 Å². The van der Waals surface area contributed by atoms with Gasteiger partial charge in [-0.1, -0.05) is 31.2 Å².